The number of carbonyl (C=O) groups is 4. The fourth-order valence-electron chi connectivity index (χ4n) is 2.73. The molecule has 0 spiro atoms. The van der Waals surface area contributed by atoms with Crippen LogP contribution in [0.4, 0.5) is 0 Å². The molecule has 2 saturated heterocycles. The molecule has 0 aromatic rings. The van der Waals surface area contributed by atoms with Crippen molar-refractivity contribution in [2.75, 3.05) is 36.3 Å². The van der Waals surface area contributed by atoms with Crippen LogP contribution in [-0.4, -0.2) is 92.2 Å². The maximum Gasteiger partial charge on any atom is 0.328 e. The van der Waals surface area contributed by atoms with Gasteiger partial charge in [-0.15, -0.1) is 23.5 Å². The van der Waals surface area contributed by atoms with Crippen molar-refractivity contribution in [3.8, 4) is 0 Å². The molecule has 0 aliphatic carbocycles. The van der Waals surface area contributed by atoms with Crippen molar-refractivity contribution >= 4 is 47.3 Å². The molecule has 2 aliphatic heterocycles. The first-order chi connectivity index (χ1) is 16.0. The van der Waals surface area contributed by atoms with Crippen LogP contribution in [0, 0.1) is 11.8 Å². The van der Waals surface area contributed by atoms with Gasteiger partial charge in [-0.25, -0.2) is 9.59 Å². The van der Waals surface area contributed by atoms with Crippen molar-refractivity contribution < 1.29 is 29.4 Å². The van der Waals surface area contributed by atoms with E-state index in [4.69, 9.17) is 21.7 Å². The van der Waals surface area contributed by atoms with Crippen LogP contribution in [0.25, 0.3) is 0 Å². The summed E-state index contributed by atoms with van der Waals surface area (Å²) in [4.78, 5) is 46.3. The highest BCUT2D eigenvalue weighted by molar-refractivity contribution is 7.99. The molecule has 2 heterocycles. The van der Waals surface area contributed by atoms with E-state index in [1.807, 2.05) is 23.6 Å². The normalized spacial score (nSPS) is 18.8. The molecular weight excluding hydrogens is 480 g/mol. The SMILES string of the molecule is CC[C@H](C)[C@H](N)C(=O)N1CCSC1.CC[C@H](C)[C@H](N)C(=O)N1CCSC1.O=C(O)/C=C\C(=O)O. The van der Waals surface area contributed by atoms with Crippen molar-refractivity contribution in [1.29, 1.82) is 0 Å². The van der Waals surface area contributed by atoms with Crippen LogP contribution in [0.2, 0.25) is 0 Å². The van der Waals surface area contributed by atoms with Crippen molar-refractivity contribution in [2.24, 2.45) is 23.3 Å². The lowest BCUT2D eigenvalue weighted by Crippen LogP contribution is -2.45. The quantitative estimate of drug-likeness (QED) is 0.344. The Morgan fingerprint density at radius 2 is 1.12 bits per heavy atom. The van der Waals surface area contributed by atoms with E-state index >= 15 is 0 Å². The monoisotopic (exact) mass is 520 g/mol. The van der Waals surface area contributed by atoms with E-state index in [2.05, 4.69) is 13.8 Å². The maximum atomic E-state index is 11.7. The molecule has 196 valence electrons. The number of rotatable bonds is 8. The number of aliphatic carboxylic acids is 2. The first-order valence-electron chi connectivity index (χ1n) is 11.3. The Bertz CT molecular complexity index is 626. The summed E-state index contributed by atoms with van der Waals surface area (Å²) in [6.07, 6.45) is 3.05. The molecule has 2 fully saturated rings. The Morgan fingerprint density at radius 3 is 1.32 bits per heavy atom. The lowest BCUT2D eigenvalue weighted by molar-refractivity contribution is -0.134. The number of nitrogens with zero attached hydrogens (tertiary/aromatic N) is 2. The zero-order chi connectivity index (χ0) is 26.3. The van der Waals surface area contributed by atoms with E-state index in [9.17, 15) is 19.2 Å². The van der Waals surface area contributed by atoms with Gasteiger partial charge in [-0.3, -0.25) is 9.59 Å². The third-order valence-electron chi connectivity index (χ3n) is 5.58. The average Bonchev–Trinajstić information content (AvgIpc) is 3.55. The van der Waals surface area contributed by atoms with Gasteiger partial charge in [0, 0.05) is 36.7 Å². The average molecular weight is 521 g/mol. The highest BCUT2D eigenvalue weighted by atomic mass is 32.2. The summed E-state index contributed by atoms with van der Waals surface area (Å²) in [6.45, 7) is 9.94. The number of hydrogen-bond donors (Lipinski definition) is 4. The third-order valence-corrected chi connectivity index (χ3v) is 7.51. The number of carboxylic acid groups (broad SMARTS) is 2. The highest BCUT2D eigenvalue weighted by Gasteiger charge is 2.27. The van der Waals surface area contributed by atoms with Gasteiger partial charge in [-0.05, 0) is 11.8 Å². The summed E-state index contributed by atoms with van der Waals surface area (Å²) in [5, 5.41) is 15.6. The molecule has 0 radical (unpaired) electrons. The number of thioether (sulfide) groups is 2. The van der Waals surface area contributed by atoms with Crippen molar-refractivity contribution in [1.82, 2.24) is 9.80 Å². The number of carbonyl (C=O) groups excluding carboxylic acids is 2. The molecule has 2 aliphatic rings. The van der Waals surface area contributed by atoms with Crippen LogP contribution in [0.3, 0.4) is 0 Å². The van der Waals surface area contributed by atoms with Gasteiger partial charge < -0.3 is 31.5 Å². The topological polar surface area (TPSA) is 167 Å². The molecule has 0 aromatic carbocycles. The second-order valence-electron chi connectivity index (χ2n) is 8.11. The van der Waals surface area contributed by atoms with Gasteiger partial charge in [0.1, 0.15) is 0 Å². The summed E-state index contributed by atoms with van der Waals surface area (Å²) < 4.78 is 0. The standard InChI is InChI=1S/2C9H18N2OS.C4H4O4/c2*1-3-7(2)8(10)9(12)11-4-5-13-6-11;5-3(6)1-2-4(7)8/h2*7-8H,3-6,10H2,1-2H3;1-2H,(H,5,6)(H,7,8)/b;;2-1-/t2*7-,8-;/m00./s1. The van der Waals surface area contributed by atoms with E-state index < -0.39 is 11.9 Å². The van der Waals surface area contributed by atoms with Crippen molar-refractivity contribution in [2.45, 2.75) is 52.6 Å². The minimum Gasteiger partial charge on any atom is -0.478 e. The van der Waals surface area contributed by atoms with Gasteiger partial charge >= 0.3 is 11.9 Å². The molecule has 12 heteroatoms. The lowest BCUT2D eigenvalue weighted by Gasteiger charge is -2.23. The summed E-state index contributed by atoms with van der Waals surface area (Å²) in [7, 11) is 0. The molecule has 2 amide bonds. The van der Waals surface area contributed by atoms with E-state index in [0.717, 1.165) is 49.2 Å². The fraction of sp³-hybridized carbons (Fsp3) is 0.727. The number of amides is 2. The van der Waals surface area contributed by atoms with Crippen LogP contribution in [0.1, 0.15) is 40.5 Å². The van der Waals surface area contributed by atoms with Crippen LogP contribution in [-0.2, 0) is 19.2 Å². The Hall–Kier alpha value is -1.76. The summed E-state index contributed by atoms with van der Waals surface area (Å²) in [5.41, 5.74) is 11.7. The first kappa shape index (κ1) is 32.2. The van der Waals surface area contributed by atoms with Crippen LogP contribution < -0.4 is 11.5 Å². The van der Waals surface area contributed by atoms with Gasteiger partial charge in [0.25, 0.3) is 0 Å². The van der Waals surface area contributed by atoms with Gasteiger partial charge in [0.05, 0.1) is 23.8 Å². The molecule has 10 nitrogen and oxygen atoms in total. The Kier molecular flexibility index (Phi) is 16.7. The molecular formula is C22H40N4O6S2. The van der Waals surface area contributed by atoms with Gasteiger partial charge in [-0.1, -0.05) is 40.5 Å². The minimum atomic E-state index is -1.26. The van der Waals surface area contributed by atoms with E-state index in [0.29, 0.717) is 12.2 Å². The first-order valence-corrected chi connectivity index (χ1v) is 13.6. The summed E-state index contributed by atoms with van der Waals surface area (Å²) in [6, 6.07) is -0.604. The van der Waals surface area contributed by atoms with Crippen molar-refractivity contribution in [3.05, 3.63) is 12.2 Å². The van der Waals surface area contributed by atoms with Crippen molar-refractivity contribution in [3.63, 3.8) is 0 Å². The number of carboxylic acids is 2. The smallest absolute Gasteiger partial charge is 0.328 e. The third kappa shape index (κ3) is 12.6. The zero-order valence-corrected chi connectivity index (χ0v) is 22.1. The van der Waals surface area contributed by atoms with E-state index in [-0.39, 0.29) is 35.7 Å². The lowest BCUT2D eigenvalue weighted by atomic mass is 9.99. The summed E-state index contributed by atoms with van der Waals surface area (Å²) in [5.74, 6) is 2.07. The van der Waals surface area contributed by atoms with Crippen LogP contribution in [0.15, 0.2) is 12.2 Å². The number of nitrogens with two attached hydrogens (primary N) is 2. The zero-order valence-electron chi connectivity index (χ0n) is 20.5. The molecule has 2 rings (SSSR count). The highest BCUT2D eigenvalue weighted by Crippen LogP contribution is 2.17. The largest absolute Gasteiger partial charge is 0.478 e. The van der Waals surface area contributed by atoms with Gasteiger partial charge in [-0.2, -0.15) is 0 Å². The van der Waals surface area contributed by atoms with E-state index in [1.54, 1.807) is 23.5 Å². The van der Waals surface area contributed by atoms with Gasteiger partial charge in [0.2, 0.25) is 11.8 Å². The fourth-order valence-corrected chi connectivity index (χ4v) is 4.65. The predicted molar refractivity (Wildman–Crippen MR) is 137 cm³/mol. The predicted octanol–water partition coefficient (Wildman–Crippen LogP) is 1.50. The number of hydrogen-bond acceptors (Lipinski definition) is 8. The molecule has 4 atom stereocenters. The van der Waals surface area contributed by atoms with Crippen LogP contribution in [0.5, 0.6) is 0 Å². The maximum absolute atomic E-state index is 11.7. The molecule has 0 aromatic heterocycles. The second kappa shape index (κ2) is 17.6. The molecule has 0 unspecified atom stereocenters. The molecule has 34 heavy (non-hydrogen) atoms. The molecule has 0 saturated carbocycles. The Morgan fingerprint density at radius 1 is 0.794 bits per heavy atom. The Labute approximate surface area is 210 Å². The van der Waals surface area contributed by atoms with E-state index in [1.165, 1.54) is 0 Å². The van der Waals surface area contributed by atoms with Gasteiger partial charge in [0.15, 0.2) is 0 Å². The second-order valence-corrected chi connectivity index (χ2v) is 10.3. The molecule has 6 N–H and O–H groups in total. The minimum absolute atomic E-state index is 0.124. The molecule has 0 bridgehead atoms. The Balaban J connectivity index is 0.000000497. The van der Waals surface area contributed by atoms with Crippen LogP contribution >= 0.6 is 23.5 Å². The summed E-state index contributed by atoms with van der Waals surface area (Å²) >= 11 is 3.59.